The summed E-state index contributed by atoms with van der Waals surface area (Å²) in [5, 5.41) is 11.2. The number of methoxy groups -OCH3 is 1. The predicted molar refractivity (Wildman–Crippen MR) is 240 cm³/mol. The van der Waals surface area contributed by atoms with Crippen molar-refractivity contribution in [2.45, 2.75) is 168 Å². The highest BCUT2D eigenvalue weighted by molar-refractivity contribution is 5.85. The van der Waals surface area contributed by atoms with E-state index in [0.29, 0.717) is 49.3 Å². The van der Waals surface area contributed by atoms with E-state index in [1.54, 1.807) is 7.11 Å². The van der Waals surface area contributed by atoms with E-state index in [-0.39, 0.29) is 17.8 Å². The van der Waals surface area contributed by atoms with Gasteiger partial charge in [0.2, 0.25) is 17.8 Å². The molecule has 0 saturated carbocycles. The number of anilines is 3. The summed E-state index contributed by atoms with van der Waals surface area (Å²) in [7, 11) is 1.69. The van der Waals surface area contributed by atoms with E-state index in [1.807, 2.05) is 15.8 Å². The van der Waals surface area contributed by atoms with Crippen LogP contribution in [0.3, 0.4) is 0 Å². The molecule has 3 aromatic rings. The fourth-order valence-electron chi connectivity index (χ4n) is 7.90. The normalized spacial score (nSPS) is 13.0. The van der Waals surface area contributed by atoms with E-state index in [4.69, 9.17) is 15.6 Å². The Balaban J connectivity index is 1.02. The minimum Gasteiger partial charge on any atom is -0.496 e. The van der Waals surface area contributed by atoms with Gasteiger partial charge >= 0.3 is 0 Å². The fraction of sp³-hybridized carbons (Fsp3) is 0.717. The fourth-order valence-corrected chi connectivity index (χ4v) is 7.90. The van der Waals surface area contributed by atoms with E-state index in [1.165, 1.54) is 83.5 Å². The van der Waals surface area contributed by atoms with Gasteiger partial charge in [-0.25, -0.2) is 4.98 Å². The van der Waals surface area contributed by atoms with E-state index >= 15 is 0 Å². The van der Waals surface area contributed by atoms with Crippen molar-refractivity contribution in [3.8, 4) is 5.75 Å². The number of fused-ring (bicyclic) bond motifs is 1. The quantitative estimate of drug-likeness (QED) is 0.0542. The molecule has 3 heterocycles. The Morgan fingerprint density at radius 3 is 1.97 bits per heavy atom. The zero-order valence-electron chi connectivity index (χ0n) is 36.5. The molecule has 1 fully saturated rings. The summed E-state index contributed by atoms with van der Waals surface area (Å²) >= 11 is 0. The Morgan fingerprint density at radius 1 is 0.724 bits per heavy atom. The van der Waals surface area contributed by atoms with Gasteiger partial charge in [0, 0.05) is 69.4 Å². The number of nitrogens with two attached hydrogens (primary N) is 1. The minimum atomic E-state index is 0.188. The maximum atomic E-state index is 13.0. The van der Waals surface area contributed by atoms with Crippen LogP contribution in [0.25, 0.3) is 11.0 Å². The standard InChI is InChI=1S/C46H77N9O3/c1-4-6-8-9-10-11-12-13-14-15-16-17-18-19-22-25-42(56)48-30-24-21-20-23-26-43(57)54-33-31-53(32-34-54)39-28-27-38(41(35-39)58-3)36-55-37-40-44(52-55)45(49-29-7-5-2)51-46(47)50-40/h27-28,35,37H,4-26,29-34,36H2,1-3H3,(H,48,56)(H3,47,49,50,51). The van der Waals surface area contributed by atoms with Gasteiger partial charge in [0.1, 0.15) is 11.3 Å². The Bertz CT molecular complexity index is 1600. The van der Waals surface area contributed by atoms with Gasteiger partial charge in [-0.3, -0.25) is 14.3 Å². The highest BCUT2D eigenvalue weighted by atomic mass is 16.5. The molecule has 0 bridgehead atoms. The van der Waals surface area contributed by atoms with Crippen molar-refractivity contribution in [2.75, 3.05) is 62.3 Å². The maximum Gasteiger partial charge on any atom is 0.222 e. The molecule has 0 spiro atoms. The number of hydrogen-bond donors (Lipinski definition) is 3. The van der Waals surface area contributed by atoms with Crippen molar-refractivity contribution < 1.29 is 14.3 Å². The Kier molecular flexibility index (Phi) is 22.2. The molecule has 4 N–H and O–H groups in total. The van der Waals surface area contributed by atoms with Crippen molar-refractivity contribution in [1.29, 1.82) is 0 Å². The lowest BCUT2D eigenvalue weighted by Gasteiger charge is -2.36. The van der Waals surface area contributed by atoms with Crippen LogP contribution in [0.15, 0.2) is 24.4 Å². The summed E-state index contributed by atoms with van der Waals surface area (Å²) < 4.78 is 7.67. The highest BCUT2D eigenvalue weighted by Crippen LogP contribution is 2.28. The first-order valence-corrected chi connectivity index (χ1v) is 23.1. The van der Waals surface area contributed by atoms with E-state index in [0.717, 1.165) is 94.5 Å². The van der Waals surface area contributed by atoms with Crippen LogP contribution < -0.4 is 26.0 Å². The lowest BCUT2D eigenvalue weighted by atomic mass is 10.0. The maximum absolute atomic E-state index is 13.0. The van der Waals surface area contributed by atoms with Crippen molar-refractivity contribution in [1.82, 2.24) is 30.0 Å². The first-order chi connectivity index (χ1) is 28.4. The van der Waals surface area contributed by atoms with Gasteiger partial charge in [-0.05, 0) is 31.7 Å². The second-order valence-electron chi connectivity index (χ2n) is 16.3. The average Bonchev–Trinajstić information content (AvgIpc) is 3.64. The predicted octanol–water partition coefficient (Wildman–Crippen LogP) is 9.65. The molecule has 0 radical (unpaired) electrons. The third kappa shape index (κ3) is 17.0. The summed E-state index contributed by atoms with van der Waals surface area (Å²) in [4.78, 5) is 38.3. The van der Waals surface area contributed by atoms with Crippen molar-refractivity contribution in [3.63, 3.8) is 0 Å². The SMILES string of the molecule is CCCCCCCCCCCCCCCCCC(=O)NCCCCCCC(=O)N1CCN(c2ccc(Cn3cc4nc(N)nc(NCCCC)c4n3)c(OC)c2)CC1. The number of carbonyl (C=O) groups excluding carboxylic acids is 2. The van der Waals surface area contributed by atoms with Crippen molar-refractivity contribution in [2.24, 2.45) is 0 Å². The highest BCUT2D eigenvalue weighted by Gasteiger charge is 2.22. The molecule has 1 aromatic carbocycles. The molecule has 1 saturated heterocycles. The smallest absolute Gasteiger partial charge is 0.222 e. The van der Waals surface area contributed by atoms with Crippen molar-refractivity contribution in [3.05, 3.63) is 30.0 Å². The lowest BCUT2D eigenvalue weighted by molar-refractivity contribution is -0.131. The largest absolute Gasteiger partial charge is 0.496 e. The monoisotopic (exact) mass is 804 g/mol. The molecule has 324 valence electrons. The number of amides is 2. The topological polar surface area (TPSA) is 144 Å². The Morgan fingerprint density at radius 2 is 1.33 bits per heavy atom. The number of benzene rings is 1. The lowest BCUT2D eigenvalue weighted by Crippen LogP contribution is -2.48. The molecule has 4 rings (SSSR count). The molecule has 58 heavy (non-hydrogen) atoms. The average molecular weight is 804 g/mol. The molecule has 1 aliphatic rings. The van der Waals surface area contributed by atoms with Gasteiger partial charge in [-0.15, -0.1) is 0 Å². The number of piperazine rings is 1. The molecule has 0 atom stereocenters. The number of nitrogens with zero attached hydrogens (tertiary/aromatic N) is 6. The molecular formula is C46H77N9O3. The molecule has 2 amide bonds. The molecule has 12 heteroatoms. The first-order valence-electron chi connectivity index (χ1n) is 23.1. The van der Waals surface area contributed by atoms with E-state index in [2.05, 4.69) is 57.5 Å². The first kappa shape index (κ1) is 46.6. The van der Waals surface area contributed by atoms with E-state index < -0.39 is 0 Å². The van der Waals surface area contributed by atoms with Crippen LogP contribution in [-0.4, -0.2) is 82.8 Å². The zero-order valence-corrected chi connectivity index (χ0v) is 36.5. The molecule has 1 aliphatic heterocycles. The van der Waals surface area contributed by atoms with Gasteiger partial charge in [0.25, 0.3) is 0 Å². The van der Waals surface area contributed by atoms with Crippen LogP contribution in [0.4, 0.5) is 17.5 Å². The van der Waals surface area contributed by atoms with Crippen LogP contribution in [0.2, 0.25) is 0 Å². The van der Waals surface area contributed by atoms with Gasteiger partial charge < -0.3 is 30.9 Å². The summed E-state index contributed by atoms with van der Waals surface area (Å²) in [5.74, 6) is 2.11. The molecular weight excluding hydrogens is 727 g/mol. The van der Waals surface area contributed by atoms with E-state index in [9.17, 15) is 9.59 Å². The number of ether oxygens (including phenoxy) is 1. The number of carbonyl (C=O) groups is 2. The molecule has 0 unspecified atom stereocenters. The van der Waals surface area contributed by atoms with Crippen LogP contribution >= 0.6 is 0 Å². The van der Waals surface area contributed by atoms with Gasteiger partial charge in [-0.2, -0.15) is 10.1 Å². The number of nitrogen functional groups attached to an aromatic ring is 1. The molecule has 2 aromatic heterocycles. The van der Waals surface area contributed by atoms with Crippen LogP contribution in [0.5, 0.6) is 5.75 Å². The van der Waals surface area contributed by atoms with Gasteiger partial charge in [0.15, 0.2) is 11.3 Å². The number of unbranched alkanes of at least 4 members (excludes halogenated alkanes) is 18. The number of rotatable bonds is 31. The second kappa shape index (κ2) is 27.6. The van der Waals surface area contributed by atoms with Gasteiger partial charge in [0.05, 0.1) is 19.9 Å². The third-order valence-corrected chi connectivity index (χ3v) is 11.5. The summed E-state index contributed by atoms with van der Waals surface area (Å²) in [6.07, 6.45) is 29.2. The molecule has 0 aliphatic carbocycles. The van der Waals surface area contributed by atoms with Crippen LogP contribution in [-0.2, 0) is 16.1 Å². The van der Waals surface area contributed by atoms with Crippen LogP contribution in [0.1, 0.15) is 167 Å². The Hall–Kier alpha value is -4.09. The zero-order chi connectivity index (χ0) is 41.2. The Labute approximate surface area is 349 Å². The second-order valence-corrected chi connectivity index (χ2v) is 16.3. The van der Waals surface area contributed by atoms with Crippen LogP contribution in [0, 0.1) is 0 Å². The summed E-state index contributed by atoms with van der Waals surface area (Å²) in [5.41, 5.74) is 9.48. The van der Waals surface area contributed by atoms with Crippen molar-refractivity contribution >= 4 is 40.3 Å². The summed E-state index contributed by atoms with van der Waals surface area (Å²) in [6, 6.07) is 6.29. The number of nitrogens with one attached hydrogen (secondary N) is 2. The van der Waals surface area contributed by atoms with Gasteiger partial charge in [-0.1, -0.05) is 129 Å². The molecule has 12 nitrogen and oxygen atoms in total. The summed E-state index contributed by atoms with van der Waals surface area (Å²) in [6.45, 7) is 9.49. The minimum absolute atomic E-state index is 0.188. The third-order valence-electron chi connectivity index (χ3n) is 11.5. The number of aromatic nitrogens is 4. The number of hydrogen-bond acceptors (Lipinski definition) is 9.